The van der Waals surface area contributed by atoms with Crippen LogP contribution in [0.15, 0.2) is 109 Å². The van der Waals surface area contributed by atoms with Crippen LogP contribution in [0.25, 0.3) is 0 Å². The summed E-state index contributed by atoms with van der Waals surface area (Å²) in [5.74, 6) is -0.560. The topological polar surface area (TPSA) is 133 Å². The highest BCUT2D eigenvalue weighted by molar-refractivity contribution is 6.15. The third-order valence-corrected chi connectivity index (χ3v) is 10.8. The van der Waals surface area contributed by atoms with E-state index in [1.807, 2.05) is 66.7 Å². The van der Waals surface area contributed by atoms with Crippen molar-refractivity contribution in [2.24, 2.45) is 0 Å². The van der Waals surface area contributed by atoms with E-state index in [0.717, 1.165) is 53.1 Å². The number of fused-ring (bicyclic) bond motifs is 2. The molecule has 0 spiro atoms. The zero-order chi connectivity index (χ0) is 38.8. The van der Waals surface area contributed by atoms with Crippen LogP contribution in [0.4, 0.5) is 0 Å². The number of hydrogen-bond acceptors (Lipinski definition) is 10. The quantitative estimate of drug-likeness (QED) is 0.115. The van der Waals surface area contributed by atoms with E-state index >= 15 is 0 Å². The zero-order valence-corrected chi connectivity index (χ0v) is 31.1. The van der Waals surface area contributed by atoms with Crippen LogP contribution in [-0.2, 0) is 40.3 Å². The van der Waals surface area contributed by atoms with Gasteiger partial charge < -0.3 is 34.1 Å². The number of aliphatic hydroxyl groups excluding tert-OH is 1. The number of benzene rings is 5. The lowest BCUT2D eigenvalue weighted by Crippen LogP contribution is -2.45. The zero-order valence-electron chi connectivity index (χ0n) is 31.1. The van der Waals surface area contributed by atoms with Gasteiger partial charge in [-0.25, -0.2) is 9.59 Å². The van der Waals surface area contributed by atoms with Crippen molar-refractivity contribution in [1.82, 2.24) is 10.2 Å². The lowest BCUT2D eigenvalue weighted by molar-refractivity contribution is -0.263. The van der Waals surface area contributed by atoms with Gasteiger partial charge in [-0.1, -0.05) is 78.9 Å². The number of rotatable bonds is 11. The fraction of sp³-hybridized carbons (Fsp3) is 0.267. The average Bonchev–Trinajstić information content (AvgIpc) is 3.53. The molecule has 0 radical (unpaired) electrons. The molecule has 286 valence electrons. The van der Waals surface area contributed by atoms with Gasteiger partial charge in [-0.2, -0.15) is 0 Å². The van der Waals surface area contributed by atoms with Crippen LogP contribution in [0.1, 0.15) is 88.3 Å². The van der Waals surface area contributed by atoms with Crippen LogP contribution in [0.3, 0.4) is 0 Å². The molecule has 56 heavy (non-hydrogen) atoms. The van der Waals surface area contributed by atoms with Gasteiger partial charge in [0, 0.05) is 43.2 Å². The van der Waals surface area contributed by atoms with Crippen LogP contribution in [0.2, 0.25) is 0 Å². The minimum atomic E-state index is -0.757. The Balaban J connectivity index is 1.05. The molecule has 0 aromatic heterocycles. The monoisotopic (exact) mass is 754 g/mol. The summed E-state index contributed by atoms with van der Waals surface area (Å²) >= 11 is 0. The van der Waals surface area contributed by atoms with Crippen LogP contribution in [0, 0.1) is 0 Å². The molecule has 5 aromatic carbocycles. The Bertz CT molecular complexity index is 2240. The molecule has 2 N–H and O–H groups in total. The highest BCUT2D eigenvalue weighted by Gasteiger charge is 2.43. The van der Waals surface area contributed by atoms with E-state index in [9.17, 15) is 19.5 Å². The minimum Gasteiger partial charge on any atom is -0.493 e. The summed E-state index contributed by atoms with van der Waals surface area (Å²) in [7, 11) is 3.31. The standard InChI is InChI=1S/C45H42N2O9/c1-52-37-21-32-18-19-47(24-34(32)22-38(37)53-2)25-39-40(29-6-4-3-5-7-29)41(30-12-10-28(26-48)11-13-30)55-45(54-39)31-14-8-27(9-15-31)23-46-42(49)33-16-17-35-36(20-33)44(51)56-43(35)50/h3-17,20-22,39-41,45,48H,18-19,23-26H2,1-2H3,(H,46,49). The van der Waals surface area contributed by atoms with Gasteiger partial charge in [-0.05, 0) is 70.1 Å². The summed E-state index contributed by atoms with van der Waals surface area (Å²) in [5, 5.41) is 12.7. The summed E-state index contributed by atoms with van der Waals surface area (Å²) in [6, 6.07) is 34.4. The van der Waals surface area contributed by atoms with E-state index in [2.05, 4.69) is 39.2 Å². The molecule has 1 amide bonds. The van der Waals surface area contributed by atoms with Crippen molar-refractivity contribution >= 4 is 17.8 Å². The second-order valence-corrected chi connectivity index (χ2v) is 14.2. The maximum absolute atomic E-state index is 13.0. The van der Waals surface area contributed by atoms with Crippen molar-refractivity contribution in [2.75, 3.05) is 27.3 Å². The predicted octanol–water partition coefficient (Wildman–Crippen LogP) is 6.43. The smallest absolute Gasteiger partial charge is 0.346 e. The molecule has 0 saturated carbocycles. The van der Waals surface area contributed by atoms with Gasteiger partial charge >= 0.3 is 11.9 Å². The van der Waals surface area contributed by atoms with Gasteiger partial charge in [0.1, 0.15) is 0 Å². The van der Waals surface area contributed by atoms with Crippen LogP contribution in [0.5, 0.6) is 11.5 Å². The van der Waals surface area contributed by atoms with Gasteiger partial charge in [0.15, 0.2) is 17.8 Å². The molecule has 11 nitrogen and oxygen atoms in total. The number of carbonyl (C=O) groups is 3. The molecule has 3 heterocycles. The number of methoxy groups -OCH3 is 2. The van der Waals surface area contributed by atoms with E-state index in [1.54, 1.807) is 14.2 Å². The molecule has 1 fully saturated rings. The van der Waals surface area contributed by atoms with Gasteiger partial charge in [0.05, 0.1) is 44.2 Å². The Hall–Kier alpha value is -5.85. The number of nitrogens with one attached hydrogen (secondary N) is 1. The maximum atomic E-state index is 13.0. The van der Waals surface area contributed by atoms with Crippen LogP contribution < -0.4 is 14.8 Å². The third-order valence-electron chi connectivity index (χ3n) is 10.8. The summed E-state index contributed by atoms with van der Waals surface area (Å²) in [4.78, 5) is 39.2. The number of cyclic esters (lactones) is 2. The van der Waals surface area contributed by atoms with Crippen LogP contribution in [-0.4, -0.2) is 61.3 Å². The van der Waals surface area contributed by atoms with Crippen molar-refractivity contribution < 1.29 is 43.2 Å². The summed E-state index contributed by atoms with van der Waals surface area (Å²) in [6.45, 7) is 2.41. The Morgan fingerprint density at radius 3 is 2.16 bits per heavy atom. The number of hydrogen-bond donors (Lipinski definition) is 2. The molecule has 3 aliphatic heterocycles. The van der Waals surface area contributed by atoms with Crippen molar-refractivity contribution in [3.05, 3.63) is 165 Å². The first-order chi connectivity index (χ1) is 27.3. The first-order valence-electron chi connectivity index (χ1n) is 18.6. The average molecular weight is 755 g/mol. The molecule has 11 heteroatoms. The molecule has 4 unspecified atom stereocenters. The fourth-order valence-electron chi connectivity index (χ4n) is 7.82. The van der Waals surface area contributed by atoms with Gasteiger partial charge in [0.25, 0.3) is 5.91 Å². The third kappa shape index (κ3) is 7.54. The number of amides is 1. The van der Waals surface area contributed by atoms with E-state index < -0.39 is 18.2 Å². The Kier molecular flexibility index (Phi) is 10.7. The lowest BCUT2D eigenvalue weighted by atomic mass is 9.82. The largest absolute Gasteiger partial charge is 0.493 e. The fourth-order valence-corrected chi connectivity index (χ4v) is 7.82. The van der Waals surface area contributed by atoms with E-state index in [-0.39, 0.29) is 53.9 Å². The summed E-state index contributed by atoms with van der Waals surface area (Å²) in [5.41, 5.74) is 7.52. The second kappa shape index (κ2) is 16.1. The first-order valence-corrected chi connectivity index (χ1v) is 18.6. The molecule has 5 aromatic rings. The van der Waals surface area contributed by atoms with Gasteiger partial charge in [-0.15, -0.1) is 0 Å². The normalized spacial score (nSPS) is 20.5. The number of carbonyl (C=O) groups excluding carboxylic acids is 3. The highest BCUT2D eigenvalue weighted by Crippen LogP contribution is 2.47. The highest BCUT2D eigenvalue weighted by atomic mass is 16.7. The molecule has 3 aliphatic rings. The lowest BCUT2D eigenvalue weighted by Gasteiger charge is -2.45. The minimum absolute atomic E-state index is 0.0505. The summed E-state index contributed by atoms with van der Waals surface area (Å²) in [6.07, 6.45) is -0.462. The Morgan fingerprint density at radius 1 is 0.768 bits per heavy atom. The number of nitrogens with zero attached hydrogens (tertiary/aromatic N) is 1. The molecule has 0 bridgehead atoms. The predicted molar refractivity (Wildman–Crippen MR) is 205 cm³/mol. The maximum Gasteiger partial charge on any atom is 0.346 e. The van der Waals surface area contributed by atoms with Crippen molar-refractivity contribution in [3.63, 3.8) is 0 Å². The number of aliphatic hydroxyl groups is 1. The van der Waals surface area contributed by atoms with Gasteiger partial charge in [-0.3, -0.25) is 9.69 Å². The van der Waals surface area contributed by atoms with Crippen molar-refractivity contribution in [2.45, 2.75) is 50.5 Å². The molecule has 1 saturated heterocycles. The second-order valence-electron chi connectivity index (χ2n) is 14.2. The first kappa shape index (κ1) is 37.1. The van der Waals surface area contributed by atoms with E-state index in [1.165, 1.54) is 29.3 Å². The molecular weight excluding hydrogens is 712 g/mol. The van der Waals surface area contributed by atoms with Crippen molar-refractivity contribution in [1.29, 1.82) is 0 Å². The Labute approximate surface area is 324 Å². The molecular formula is C45H42N2O9. The molecule has 0 aliphatic carbocycles. The SMILES string of the molecule is COc1cc2c(cc1OC)CN(CC1OC(c3ccc(CNC(=O)c4ccc5c(c4)C(=O)OC5=O)cc3)OC(c3ccc(CO)cc3)C1c1ccccc1)CC2. The number of esters is 2. The van der Waals surface area contributed by atoms with Crippen LogP contribution >= 0.6 is 0 Å². The van der Waals surface area contributed by atoms with Crippen molar-refractivity contribution in [3.8, 4) is 11.5 Å². The Morgan fingerprint density at radius 2 is 1.45 bits per heavy atom. The van der Waals surface area contributed by atoms with E-state index in [0.29, 0.717) is 12.3 Å². The molecule has 4 atom stereocenters. The number of ether oxygens (including phenoxy) is 5. The van der Waals surface area contributed by atoms with Gasteiger partial charge in [0.2, 0.25) is 0 Å². The van der Waals surface area contributed by atoms with E-state index in [4.69, 9.17) is 18.9 Å². The summed E-state index contributed by atoms with van der Waals surface area (Å²) < 4.78 is 29.8. The molecule has 8 rings (SSSR count).